The van der Waals surface area contributed by atoms with Crippen LogP contribution in [0.4, 0.5) is 0 Å². The lowest BCUT2D eigenvalue weighted by atomic mass is 10.2. The van der Waals surface area contributed by atoms with Gasteiger partial charge in [-0.2, -0.15) is 0 Å². The molecule has 0 aliphatic carbocycles. The van der Waals surface area contributed by atoms with Crippen molar-refractivity contribution in [2.24, 2.45) is 0 Å². The third-order valence-electron chi connectivity index (χ3n) is 3.26. The third-order valence-corrected chi connectivity index (χ3v) is 5.36. The number of ether oxygens (including phenoxy) is 1. The van der Waals surface area contributed by atoms with E-state index in [1.165, 1.54) is 32.0 Å². The quantitative estimate of drug-likeness (QED) is 0.382. The highest BCUT2D eigenvalue weighted by Crippen LogP contribution is 2.26. The van der Waals surface area contributed by atoms with Gasteiger partial charge in [-0.1, -0.05) is 58.9 Å². The van der Waals surface area contributed by atoms with Gasteiger partial charge in [-0.25, -0.2) is 0 Å². The van der Waals surface area contributed by atoms with Crippen LogP contribution in [-0.2, 0) is 4.74 Å². The molecule has 0 radical (unpaired) electrons. The standard InChI is InChI=1S/C18H22OS2/c1-13-5-7-17(15(3)9-13)20-11-19-12-21-18-8-6-14(2)10-16(18)4/h5-10H,11-12H2,1-4H3. The fourth-order valence-corrected chi connectivity index (χ4v) is 3.76. The van der Waals surface area contributed by atoms with Crippen molar-refractivity contribution >= 4 is 23.5 Å². The molecule has 21 heavy (non-hydrogen) atoms. The average Bonchev–Trinajstić information content (AvgIpc) is 2.42. The predicted molar refractivity (Wildman–Crippen MR) is 94.4 cm³/mol. The summed E-state index contributed by atoms with van der Waals surface area (Å²) >= 11 is 3.52. The van der Waals surface area contributed by atoms with Gasteiger partial charge in [0.25, 0.3) is 0 Å². The maximum atomic E-state index is 5.74. The van der Waals surface area contributed by atoms with E-state index in [9.17, 15) is 0 Å². The molecule has 112 valence electrons. The fraction of sp³-hybridized carbons (Fsp3) is 0.333. The molecule has 0 heterocycles. The first-order valence-corrected chi connectivity index (χ1v) is 9.01. The molecule has 2 aromatic rings. The van der Waals surface area contributed by atoms with Crippen molar-refractivity contribution in [2.75, 3.05) is 11.9 Å². The molecule has 0 amide bonds. The van der Waals surface area contributed by atoms with Gasteiger partial charge in [0.2, 0.25) is 0 Å². The number of hydrogen-bond donors (Lipinski definition) is 0. The molecule has 0 saturated heterocycles. The van der Waals surface area contributed by atoms with Crippen LogP contribution in [0.5, 0.6) is 0 Å². The first-order valence-electron chi connectivity index (χ1n) is 7.04. The second kappa shape index (κ2) is 7.92. The van der Waals surface area contributed by atoms with Crippen LogP contribution in [0.1, 0.15) is 22.3 Å². The summed E-state index contributed by atoms with van der Waals surface area (Å²) in [4.78, 5) is 2.61. The van der Waals surface area contributed by atoms with Gasteiger partial charge in [-0.3, -0.25) is 0 Å². The van der Waals surface area contributed by atoms with E-state index in [1.807, 2.05) is 0 Å². The van der Waals surface area contributed by atoms with Crippen LogP contribution in [-0.4, -0.2) is 11.9 Å². The molecule has 2 rings (SSSR count). The molecule has 2 aromatic carbocycles. The Labute approximate surface area is 136 Å². The van der Waals surface area contributed by atoms with Crippen LogP contribution in [0.15, 0.2) is 46.2 Å². The Bertz CT molecular complexity index is 555. The van der Waals surface area contributed by atoms with Crippen LogP contribution in [0.3, 0.4) is 0 Å². The van der Waals surface area contributed by atoms with Gasteiger partial charge in [-0.05, 0) is 51.0 Å². The molecule has 0 N–H and O–H groups in total. The van der Waals surface area contributed by atoms with Gasteiger partial charge in [0.05, 0.1) is 11.9 Å². The van der Waals surface area contributed by atoms with E-state index < -0.39 is 0 Å². The molecule has 0 aliphatic heterocycles. The Morgan fingerprint density at radius 1 is 0.714 bits per heavy atom. The van der Waals surface area contributed by atoms with Gasteiger partial charge < -0.3 is 4.74 Å². The summed E-state index contributed by atoms with van der Waals surface area (Å²) in [6, 6.07) is 13.1. The summed E-state index contributed by atoms with van der Waals surface area (Å²) in [6.45, 7) is 8.55. The molecule has 0 unspecified atom stereocenters. The molecular formula is C18H22OS2. The van der Waals surface area contributed by atoms with Crippen LogP contribution in [0.2, 0.25) is 0 Å². The molecule has 0 saturated carbocycles. The Balaban J connectivity index is 1.75. The normalized spacial score (nSPS) is 10.9. The summed E-state index contributed by atoms with van der Waals surface area (Å²) in [5.41, 5.74) is 5.27. The number of rotatable bonds is 6. The number of hydrogen-bond acceptors (Lipinski definition) is 3. The van der Waals surface area contributed by atoms with E-state index >= 15 is 0 Å². The number of benzene rings is 2. The first-order chi connectivity index (χ1) is 10.1. The Hall–Kier alpha value is -0.900. The Morgan fingerprint density at radius 3 is 1.52 bits per heavy atom. The lowest BCUT2D eigenvalue weighted by molar-refractivity contribution is 0.240. The van der Waals surface area contributed by atoms with E-state index in [0.717, 1.165) is 0 Å². The van der Waals surface area contributed by atoms with Gasteiger partial charge in [-0.15, -0.1) is 0 Å². The highest BCUT2D eigenvalue weighted by Gasteiger charge is 2.01. The fourth-order valence-electron chi connectivity index (χ4n) is 2.17. The second-order valence-electron chi connectivity index (χ2n) is 5.27. The van der Waals surface area contributed by atoms with Crippen LogP contribution < -0.4 is 0 Å². The smallest absolute Gasteiger partial charge is 0.0978 e. The van der Waals surface area contributed by atoms with Crippen molar-refractivity contribution in [2.45, 2.75) is 37.5 Å². The SMILES string of the molecule is Cc1ccc(SCOCSc2ccc(C)cc2C)c(C)c1. The largest absolute Gasteiger partial charge is 0.360 e. The summed E-state index contributed by atoms with van der Waals surface area (Å²) in [5.74, 6) is 1.39. The van der Waals surface area contributed by atoms with Crippen molar-refractivity contribution in [3.8, 4) is 0 Å². The minimum atomic E-state index is 0.696. The predicted octanol–water partition coefficient (Wildman–Crippen LogP) is 5.74. The lowest BCUT2D eigenvalue weighted by Gasteiger charge is -2.09. The van der Waals surface area contributed by atoms with Gasteiger partial charge >= 0.3 is 0 Å². The zero-order chi connectivity index (χ0) is 15.2. The van der Waals surface area contributed by atoms with Crippen molar-refractivity contribution in [1.82, 2.24) is 0 Å². The summed E-state index contributed by atoms with van der Waals surface area (Å²) in [7, 11) is 0. The minimum Gasteiger partial charge on any atom is -0.360 e. The highest BCUT2D eigenvalue weighted by molar-refractivity contribution is 8.00. The van der Waals surface area contributed by atoms with E-state index in [1.54, 1.807) is 23.5 Å². The molecular weight excluding hydrogens is 296 g/mol. The zero-order valence-corrected chi connectivity index (χ0v) is 14.7. The maximum absolute atomic E-state index is 5.74. The molecule has 0 spiro atoms. The first kappa shape index (κ1) is 16.5. The zero-order valence-electron chi connectivity index (χ0n) is 13.1. The third kappa shape index (κ3) is 5.10. The molecule has 3 heteroatoms. The second-order valence-corrected chi connectivity index (χ2v) is 7.19. The van der Waals surface area contributed by atoms with Gasteiger partial charge in [0, 0.05) is 9.79 Å². The van der Waals surface area contributed by atoms with Crippen molar-refractivity contribution in [3.63, 3.8) is 0 Å². The van der Waals surface area contributed by atoms with E-state index in [-0.39, 0.29) is 0 Å². The van der Waals surface area contributed by atoms with Gasteiger partial charge in [0.15, 0.2) is 0 Å². The summed E-state index contributed by atoms with van der Waals surface area (Å²) in [6.07, 6.45) is 0. The molecule has 0 atom stereocenters. The van der Waals surface area contributed by atoms with Crippen molar-refractivity contribution in [3.05, 3.63) is 58.7 Å². The van der Waals surface area contributed by atoms with Crippen LogP contribution >= 0.6 is 23.5 Å². The molecule has 0 aromatic heterocycles. The minimum absolute atomic E-state index is 0.696. The summed E-state index contributed by atoms with van der Waals surface area (Å²) in [5, 5.41) is 0. The summed E-state index contributed by atoms with van der Waals surface area (Å²) < 4.78 is 5.74. The van der Waals surface area contributed by atoms with E-state index in [2.05, 4.69) is 64.1 Å². The molecule has 0 aliphatic rings. The maximum Gasteiger partial charge on any atom is 0.0978 e. The molecule has 0 bridgehead atoms. The monoisotopic (exact) mass is 318 g/mol. The topological polar surface area (TPSA) is 9.23 Å². The van der Waals surface area contributed by atoms with Crippen molar-refractivity contribution < 1.29 is 4.74 Å². The van der Waals surface area contributed by atoms with E-state index in [4.69, 9.17) is 4.74 Å². The number of aryl methyl sites for hydroxylation is 4. The van der Waals surface area contributed by atoms with Crippen LogP contribution in [0, 0.1) is 27.7 Å². The lowest BCUT2D eigenvalue weighted by Crippen LogP contribution is -1.92. The van der Waals surface area contributed by atoms with E-state index in [0.29, 0.717) is 11.9 Å². The number of thioether (sulfide) groups is 2. The Kier molecular flexibility index (Phi) is 6.22. The van der Waals surface area contributed by atoms with Crippen molar-refractivity contribution in [1.29, 1.82) is 0 Å². The molecule has 0 fully saturated rings. The average molecular weight is 319 g/mol. The highest BCUT2D eigenvalue weighted by atomic mass is 32.2. The molecule has 1 nitrogen and oxygen atoms in total. The Morgan fingerprint density at radius 2 is 1.14 bits per heavy atom. The van der Waals surface area contributed by atoms with Gasteiger partial charge in [0.1, 0.15) is 0 Å². The van der Waals surface area contributed by atoms with Crippen LogP contribution in [0.25, 0.3) is 0 Å².